The van der Waals surface area contributed by atoms with Crippen molar-refractivity contribution in [3.63, 3.8) is 0 Å². The maximum absolute atomic E-state index is 11.3. The van der Waals surface area contributed by atoms with E-state index in [0.717, 1.165) is 0 Å². The molecular weight excluding hydrogens is 218 g/mol. The predicted octanol–water partition coefficient (Wildman–Crippen LogP) is 1.76. The number of carbonyl (C=O) groups is 1. The molecule has 0 unspecified atom stereocenters. The van der Waals surface area contributed by atoms with E-state index in [9.17, 15) is 9.90 Å². The number of nitrogens with zero attached hydrogens (tertiary/aromatic N) is 3. The van der Waals surface area contributed by atoms with Crippen LogP contribution in [0.15, 0.2) is 12.4 Å². The molecule has 17 heavy (non-hydrogen) atoms. The van der Waals surface area contributed by atoms with Crippen molar-refractivity contribution in [1.82, 2.24) is 9.97 Å². The molecule has 1 atom stereocenters. The van der Waals surface area contributed by atoms with Crippen LogP contribution in [0.4, 0.5) is 5.95 Å². The molecule has 0 aliphatic rings. The van der Waals surface area contributed by atoms with Crippen molar-refractivity contribution in [3.8, 4) is 0 Å². The van der Waals surface area contributed by atoms with E-state index in [-0.39, 0.29) is 5.41 Å². The van der Waals surface area contributed by atoms with E-state index < -0.39 is 11.9 Å². The summed E-state index contributed by atoms with van der Waals surface area (Å²) in [5.41, 5.74) is 0.269. The highest BCUT2D eigenvalue weighted by Crippen LogP contribution is 2.34. The lowest BCUT2D eigenvalue weighted by Gasteiger charge is -2.27. The van der Waals surface area contributed by atoms with Gasteiger partial charge in [0.1, 0.15) is 0 Å². The highest BCUT2D eigenvalue weighted by Gasteiger charge is 2.33. The van der Waals surface area contributed by atoms with E-state index in [1.54, 1.807) is 17.3 Å². The average Bonchev–Trinajstić information content (AvgIpc) is 2.15. The number of aliphatic carboxylic acids is 1. The van der Waals surface area contributed by atoms with Crippen molar-refractivity contribution in [2.45, 2.75) is 26.7 Å². The summed E-state index contributed by atoms with van der Waals surface area (Å²) < 4.78 is 0. The molecule has 0 saturated heterocycles. The Bertz CT molecular complexity index is 393. The molecule has 1 aromatic rings. The first-order chi connectivity index (χ1) is 7.73. The summed E-state index contributed by atoms with van der Waals surface area (Å²) in [5.74, 6) is -0.871. The van der Waals surface area contributed by atoms with Crippen LogP contribution in [0.25, 0.3) is 0 Å². The Morgan fingerprint density at radius 3 is 2.06 bits per heavy atom. The van der Waals surface area contributed by atoms with Gasteiger partial charge in [-0.05, 0) is 5.41 Å². The van der Waals surface area contributed by atoms with Gasteiger partial charge in [-0.15, -0.1) is 0 Å². The van der Waals surface area contributed by atoms with Gasteiger partial charge in [-0.2, -0.15) is 0 Å². The molecule has 0 bridgehead atoms. The lowest BCUT2D eigenvalue weighted by atomic mass is 9.77. The summed E-state index contributed by atoms with van der Waals surface area (Å²) in [4.78, 5) is 21.4. The van der Waals surface area contributed by atoms with Crippen LogP contribution in [0, 0.1) is 5.41 Å². The number of hydrogen-bond acceptors (Lipinski definition) is 4. The number of rotatable bonds is 3. The van der Waals surface area contributed by atoms with Gasteiger partial charge in [-0.3, -0.25) is 4.79 Å². The summed E-state index contributed by atoms with van der Waals surface area (Å²) >= 11 is 0. The molecular formula is C12H19N3O2. The minimum absolute atomic E-state index is 0.366. The van der Waals surface area contributed by atoms with Crippen molar-refractivity contribution in [3.05, 3.63) is 18.0 Å². The Kier molecular flexibility index (Phi) is 3.70. The quantitative estimate of drug-likeness (QED) is 0.867. The maximum atomic E-state index is 11.3. The molecule has 0 aromatic carbocycles. The molecule has 5 heteroatoms. The normalized spacial score (nSPS) is 13.2. The Hall–Kier alpha value is -1.65. The standard InChI is InChI=1S/C12H19N3O2/c1-12(2,3)9(10(16)17)8-6-13-11(14-7-8)15(4)5/h6-7,9H,1-5H3,(H,16,17)/t9-/m0/s1. The fourth-order valence-electron chi connectivity index (χ4n) is 1.72. The Labute approximate surface area is 102 Å². The first-order valence-electron chi connectivity index (χ1n) is 5.45. The molecule has 0 radical (unpaired) electrons. The number of carboxylic acid groups (broad SMARTS) is 1. The third-order valence-electron chi connectivity index (χ3n) is 2.50. The second kappa shape index (κ2) is 4.69. The summed E-state index contributed by atoms with van der Waals surface area (Å²) in [7, 11) is 3.68. The second-order valence-corrected chi connectivity index (χ2v) is 5.35. The summed E-state index contributed by atoms with van der Waals surface area (Å²) in [6.45, 7) is 5.68. The minimum Gasteiger partial charge on any atom is -0.481 e. The lowest BCUT2D eigenvalue weighted by molar-refractivity contribution is -0.141. The topological polar surface area (TPSA) is 66.3 Å². The molecule has 0 fully saturated rings. The van der Waals surface area contributed by atoms with Crippen LogP contribution in [0.3, 0.4) is 0 Å². The molecule has 0 aliphatic carbocycles. The molecule has 5 nitrogen and oxygen atoms in total. The van der Waals surface area contributed by atoms with Gasteiger partial charge < -0.3 is 10.0 Å². The van der Waals surface area contributed by atoms with Gasteiger partial charge >= 0.3 is 5.97 Å². The number of anilines is 1. The van der Waals surface area contributed by atoms with Gasteiger partial charge in [-0.1, -0.05) is 20.8 Å². The molecule has 0 aliphatic heterocycles. The van der Waals surface area contributed by atoms with Crippen LogP contribution in [0.5, 0.6) is 0 Å². The second-order valence-electron chi connectivity index (χ2n) is 5.35. The third-order valence-corrected chi connectivity index (χ3v) is 2.50. The van der Waals surface area contributed by atoms with Crippen LogP contribution in [-0.4, -0.2) is 35.1 Å². The zero-order valence-corrected chi connectivity index (χ0v) is 10.9. The zero-order valence-electron chi connectivity index (χ0n) is 10.9. The van der Waals surface area contributed by atoms with E-state index in [1.165, 1.54) is 0 Å². The Morgan fingerprint density at radius 1 is 1.29 bits per heavy atom. The molecule has 1 rings (SSSR count). The number of aromatic nitrogens is 2. The number of carboxylic acids is 1. The van der Waals surface area contributed by atoms with Crippen LogP contribution in [0.1, 0.15) is 32.3 Å². The fourth-order valence-corrected chi connectivity index (χ4v) is 1.72. The van der Waals surface area contributed by atoms with E-state index in [0.29, 0.717) is 11.5 Å². The van der Waals surface area contributed by atoms with Gasteiger partial charge in [-0.25, -0.2) is 9.97 Å². The summed E-state index contributed by atoms with van der Waals surface area (Å²) in [6, 6.07) is 0. The van der Waals surface area contributed by atoms with Gasteiger partial charge in [0.25, 0.3) is 0 Å². The molecule has 0 spiro atoms. The van der Waals surface area contributed by atoms with E-state index in [1.807, 2.05) is 34.9 Å². The van der Waals surface area contributed by atoms with Crippen LogP contribution in [-0.2, 0) is 4.79 Å². The van der Waals surface area contributed by atoms with Gasteiger partial charge in [0.15, 0.2) is 0 Å². The highest BCUT2D eigenvalue weighted by molar-refractivity contribution is 5.76. The molecule has 1 N–H and O–H groups in total. The molecule has 0 saturated carbocycles. The largest absolute Gasteiger partial charge is 0.481 e. The van der Waals surface area contributed by atoms with Crippen molar-refractivity contribution >= 4 is 11.9 Å². The van der Waals surface area contributed by atoms with Crippen molar-refractivity contribution in [2.24, 2.45) is 5.41 Å². The van der Waals surface area contributed by atoms with Crippen LogP contribution < -0.4 is 4.90 Å². The monoisotopic (exact) mass is 237 g/mol. The summed E-state index contributed by atoms with van der Waals surface area (Å²) in [5, 5.41) is 9.27. The van der Waals surface area contributed by atoms with E-state index in [4.69, 9.17) is 0 Å². The summed E-state index contributed by atoms with van der Waals surface area (Å²) in [6.07, 6.45) is 3.18. The van der Waals surface area contributed by atoms with Crippen LogP contribution >= 0.6 is 0 Å². The molecule has 1 heterocycles. The smallest absolute Gasteiger partial charge is 0.311 e. The lowest BCUT2D eigenvalue weighted by Crippen LogP contribution is -2.26. The van der Waals surface area contributed by atoms with Crippen molar-refractivity contribution < 1.29 is 9.90 Å². The highest BCUT2D eigenvalue weighted by atomic mass is 16.4. The molecule has 94 valence electrons. The van der Waals surface area contributed by atoms with E-state index in [2.05, 4.69) is 9.97 Å². The molecule has 0 amide bonds. The maximum Gasteiger partial charge on any atom is 0.311 e. The first kappa shape index (κ1) is 13.4. The SMILES string of the molecule is CN(C)c1ncc([C@@H](C(=O)O)C(C)(C)C)cn1. The Balaban J connectivity index is 3.09. The molecule has 1 aromatic heterocycles. The van der Waals surface area contributed by atoms with Crippen LogP contribution in [0.2, 0.25) is 0 Å². The zero-order chi connectivity index (χ0) is 13.2. The first-order valence-corrected chi connectivity index (χ1v) is 5.45. The number of hydrogen-bond donors (Lipinski definition) is 1. The third kappa shape index (κ3) is 3.15. The van der Waals surface area contributed by atoms with Gasteiger partial charge in [0.05, 0.1) is 5.92 Å². The predicted molar refractivity (Wildman–Crippen MR) is 66.2 cm³/mol. The van der Waals surface area contributed by atoms with E-state index >= 15 is 0 Å². The van der Waals surface area contributed by atoms with Crippen molar-refractivity contribution in [1.29, 1.82) is 0 Å². The fraction of sp³-hybridized carbons (Fsp3) is 0.583. The van der Waals surface area contributed by atoms with Crippen molar-refractivity contribution in [2.75, 3.05) is 19.0 Å². The van der Waals surface area contributed by atoms with Gasteiger partial charge in [0.2, 0.25) is 5.95 Å². The minimum atomic E-state index is -0.848. The average molecular weight is 237 g/mol. The Morgan fingerprint density at radius 2 is 1.76 bits per heavy atom. The van der Waals surface area contributed by atoms with Gasteiger partial charge in [0, 0.05) is 32.1 Å².